The van der Waals surface area contributed by atoms with E-state index in [0.29, 0.717) is 16.8 Å². The molecule has 0 saturated heterocycles. The van der Waals surface area contributed by atoms with Gasteiger partial charge in [0.15, 0.2) is 0 Å². The third kappa shape index (κ3) is 1.61. The topological polar surface area (TPSA) is 127 Å². The molecule has 0 bridgehead atoms. The van der Waals surface area contributed by atoms with Crippen molar-refractivity contribution in [3.8, 4) is 0 Å². The maximum atomic E-state index is 11.0. The average molecular weight is 250 g/mol. The van der Waals surface area contributed by atoms with Crippen LogP contribution in [0.15, 0.2) is 23.8 Å². The predicted octanol–water partition coefficient (Wildman–Crippen LogP) is 0.258. The molecular weight excluding hydrogens is 240 g/mol. The minimum Gasteiger partial charge on any atom is -0.478 e. The number of rotatable bonds is 2. The monoisotopic (exact) mass is 250 g/mol. The zero-order valence-corrected chi connectivity index (χ0v) is 9.16. The number of hydrogen-bond acceptors (Lipinski definition) is 5. The van der Waals surface area contributed by atoms with Crippen molar-refractivity contribution in [1.82, 2.24) is 0 Å². The van der Waals surface area contributed by atoms with E-state index in [9.17, 15) is 20.0 Å². The Balaban J connectivity index is 2.68. The zero-order valence-electron chi connectivity index (χ0n) is 9.16. The molecule has 1 atom stereocenters. The molecule has 0 fully saturated rings. The Morgan fingerprint density at radius 3 is 2.72 bits per heavy atom. The molecule has 7 nitrogen and oxygen atoms in total. The van der Waals surface area contributed by atoms with E-state index in [0.717, 1.165) is 6.08 Å². The molecule has 1 aromatic carbocycles. The normalized spacial score (nSPS) is 21.9. The number of nitrogen functional groups attached to an aromatic ring is 1. The number of hydrogen-bond donors (Lipinski definition) is 3. The maximum absolute atomic E-state index is 11.0. The van der Waals surface area contributed by atoms with E-state index in [-0.39, 0.29) is 0 Å². The van der Waals surface area contributed by atoms with Crippen molar-refractivity contribution >= 4 is 17.7 Å². The van der Waals surface area contributed by atoms with E-state index in [1.807, 2.05) is 0 Å². The largest absolute Gasteiger partial charge is 0.478 e. The Morgan fingerprint density at radius 2 is 2.17 bits per heavy atom. The standard InChI is InChI=1S/C11H10N2O5/c12-9-3-1-2-6-5-11(16,13(17)18)8(10(14)15)4-7(6)9/h1-4,16H,5,12H2,(H,14,15). The van der Waals surface area contributed by atoms with Crippen molar-refractivity contribution in [2.45, 2.75) is 12.1 Å². The van der Waals surface area contributed by atoms with Crippen molar-refractivity contribution in [2.75, 3.05) is 5.73 Å². The lowest BCUT2D eigenvalue weighted by Crippen LogP contribution is -2.46. The van der Waals surface area contributed by atoms with Crippen LogP contribution in [0.5, 0.6) is 0 Å². The number of anilines is 1. The number of carboxylic acids is 1. The summed E-state index contributed by atoms with van der Waals surface area (Å²) in [5, 5.41) is 29.8. The molecule has 18 heavy (non-hydrogen) atoms. The Hall–Kier alpha value is -2.41. The average Bonchev–Trinajstić information content (AvgIpc) is 2.27. The van der Waals surface area contributed by atoms with Crippen molar-refractivity contribution in [3.63, 3.8) is 0 Å². The van der Waals surface area contributed by atoms with Crippen LogP contribution in [0.3, 0.4) is 0 Å². The molecule has 1 aromatic rings. The number of carbonyl (C=O) groups is 1. The van der Waals surface area contributed by atoms with E-state index >= 15 is 0 Å². The van der Waals surface area contributed by atoms with Gasteiger partial charge in [-0.05, 0) is 17.7 Å². The molecule has 94 valence electrons. The van der Waals surface area contributed by atoms with Gasteiger partial charge in [-0.25, -0.2) is 4.79 Å². The molecule has 1 unspecified atom stereocenters. The van der Waals surface area contributed by atoms with E-state index in [1.165, 1.54) is 0 Å². The summed E-state index contributed by atoms with van der Waals surface area (Å²) in [6.45, 7) is 0. The molecule has 0 radical (unpaired) electrons. The van der Waals surface area contributed by atoms with E-state index < -0.39 is 28.6 Å². The number of nitrogens with two attached hydrogens (primary N) is 1. The number of nitro groups is 1. The second kappa shape index (κ2) is 3.81. The molecule has 0 heterocycles. The number of aliphatic hydroxyl groups is 1. The molecule has 0 saturated carbocycles. The Bertz CT molecular complexity index is 581. The summed E-state index contributed by atoms with van der Waals surface area (Å²) in [7, 11) is 0. The van der Waals surface area contributed by atoms with Gasteiger partial charge in [-0.3, -0.25) is 10.1 Å². The van der Waals surface area contributed by atoms with E-state index in [2.05, 4.69) is 0 Å². The fourth-order valence-electron chi connectivity index (χ4n) is 1.98. The number of nitrogens with zero attached hydrogens (tertiary/aromatic N) is 1. The zero-order chi connectivity index (χ0) is 13.5. The molecule has 0 aliphatic heterocycles. The van der Waals surface area contributed by atoms with Crippen LogP contribution in [-0.4, -0.2) is 26.8 Å². The fourth-order valence-corrected chi connectivity index (χ4v) is 1.98. The highest BCUT2D eigenvalue weighted by Crippen LogP contribution is 2.34. The highest BCUT2D eigenvalue weighted by molar-refractivity contribution is 5.96. The maximum Gasteiger partial charge on any atom is 0.360 e. The van der Waals surface area contributed by atoms with Gasteiger partial charge in [0.2, 0.25) is 0 Å². The fraction of sp³-hybridized carbons (Fsp3) is 0.182. The summed E-state index contributed by atoms with van der Waals surface area (Å²) >= 11 is 0. The number of benzene rings is 1. The Morgan fingerprint density at radius 1 is 1.50 bits per heavy atom. The lowest BCUT2D eigenvalue weighted by molar-refractivity contribution is -0.610. The first-order chi connectivity index (χ1) is 8.36. The molecule has 1 aliphatic rings. The van der Waals surface area contributed by atoms with Crippen LogP contribution in [0, 0.1) is 10.1 Å². The molecule has 2 rings (SSSR count). The van der Waals surface area contributed by atoms with Gasteiger partial charge in [0.1, 0.15) is 5.57 Å². The number of carboxylic acid groups (broad SMARTS) is 1. The van der Waals surface area contributed by atoms with Crippen molar-refractivity contribution in [1.29, 1.82) is 0 Å². The van der Waals surface area contributed by atoms with Crippen molar-refractivity contribution in [2.24, 2.45) is 0 Å². The predicted molar refractivity (Wildman–Crippen MR) is 62.1 cm³/mol. The minimum absolute atomic E-state index is 0.316. The van der Waals surface area contributed by atoms with Crippen LogP contribution in [0.1, 0.15) is 11.1 Å². The minimum atomic E-state index is -2.62. The summed E-state index contributed by atoms with van der Waals surface area (Å²) in [6, 6.07) is 4.72. The first-order valence-corrected chi connectivity index (χ1v) is 5.06. The Labute approximate surface area is 101 Å². The van der Waals surface area contributed by atoms with Crippen LogP contribution in [0.25, 0.3) is 6.08 Å². The quantitative estimate of drug-likeness (QED) is 0.299. The van der Waals surface area contributed by atoms with Gasteiger partial charge in [0.25, 0.3) is 0 Å². The van der Waals surface area contributed by atoms with Crippen molar-refractivity contribution in [3.05, 3.63) is 45.0 Å². The smallest absolute Gasteiger partial charge is 0.360 e. The Kier molecular flexibility index (Phi) is 2.55. The van der Waals surface area contributed by atoms with Gasteiger partial charge in [-0.1, -0.05) is 12.1 Å². The molecule has 0 amide bonds. The summed E-state index contributed by atoms with van der Waals surface area (Å²) in [4.78, 5) is 20.9. The summed E-state index contributed by atoms with van der Waals surface area (Å²) in [5.74, 6) is -1.54. The van der Waals surface area contributed by atoms with Crippen LogP contribution in [0.2, 0.25) is 0 Å². The summed E-state index contributed by atoms with van der Waals surface area (Å²) < 4.78 is 0. The number of fused-ring (bicyclic) bond motifs is 1. The first kappa shape index (κ1) is 12.1. The molecular formula is C11H10N2O5. The first-order valence-electron chi connectivity index (χ1n) is 5.06. The third-order valence-corrected chi connectivity index (χ3v) is 2.92. The lowest BCUT2D eigenvalue weighted by atomic mass is 9.85. The lowest BCUT2D eigenvalue weighted by Gasteiger charge is -2.25. The highest BCUT2D eigenvalue weighted by Gasteiger charge is 2.51. The summed E-state index contributed by atoms with van der Waals surface area (Å²) in [5.41, 5.74) is 3.54. The third-order valence-electron chi connectivity index (χ3n) is 2.92. The van der Waals surface area contributed by atoms with E-state index in [1.54, 1.807) is 18.2 Å². The van der Waals surface area contributed by atoms with Crippen LogP contribution >= 0.6 is 0 Å². The van der Waals surface area contributed by atoms with Gasteiger partial charge in [-0.15, -0.1) is 0 Å². The van der Waals surface area contributed by atoms with Gasteiger partial charge >= 0.3 is 11.7 Å². The SMILES string of the molecule is Nc1cccc2c1C=C(C(=O)O)C(O)([N+](=O)[O-])C2. The number of aliphatic carboxylic acids is 1. The molecule has 7 heteroatoms. The second-order valence-corrected chi connectivity index (χ2v) is 4.03. The highest BCUT2D eigenvalue weighted by atomic mass is 16.7. The van der Waals surface area contributed by atoms with Gasteiger partial charge < -0.3 is 15.9 Å². The second-order valence-electron chi connectivity index (χ2n) is 4.03. The van der Waals surface area contributed by atoms with Gasteiger partial charge in [0, 0.05) is 11.3 Å². The molecule has 4 N–H and O–H groups in total. The van der Waals surface area contributed by atoms with Crippen LogP contribution in [-0.2, 0) is 11.2 Å². The summed E-state index contributed by atoms with van der Waals surface area (Å²) in [6.07, 6.45) is 0.637. The van der Waals surface area contributed by atoms with Crippen LogP contribution in [0.4, 0.5) is 5.69 Å². The van der Waals surface area contributed by atoms with Gasteiger partial charge in [-0.2, -0.15) is 0 Å². The van der Waals surface area contributed by atoms with Crippen molar-refractivity contribution < 1.29 is 19.9 Å². The molecule has 0 aromatic heterocycles. The van der Waals surface area contributed by atoms with Crippen LogP contribution < -0.4 is 5.73 Å². The van der Waals surface area contributed by atoms with E-state index in [4.69, 9.17) is 10.8 Å². The molecule has 1 aliphatic carbocycles. The molecule has 0 spiro atoms. The van der Waals surface area contributed by atoms with Gasteiger partial charge in [0.05, 0.1) is 11.3 Å².